The van der Waals surface area contributed by atoms with Crippen LogP contribution in [-0.2, 0) is 0 Å². The molecule has 0 amide bonds. The third-order valence-corrected chi connectivity index (χ3v) is 2.18. The van der Waals surface area contributed by atoms with Gasteiger partial charge in [-0.1, -0.05) is 24.3 Å². The Bertz CT molecular complexity index is 289. The van der Waals surface area contributed by atoms with Crippen LogP contribution in [0.25, 0.3) is 0 Å². The number of rotatable bonds is 1. The van der Waals surface area contributed by atoms with Crippen LogP contribution in [-0.4, -0.2) is 12.8 Å². The lowest BCUT2D eigenvalue weighted by Gasteiger charge is -2.18. The van der Waals surface area contributed by atoms with E-state index >= 15 is 0 Å². The Balaban J connectivity index is 2.36. The SMILES string of the molecule is Cc1ccccc1C1C=NC1. The minimum Gasteiger partial charge on any atom is -0.296 e. The zero-order valence-corrected chi connectivity index (χ0v) is 6.62. The topological polar surface area (TPSA) is 12.4 Å². The average Bonchev–Trinajstić information content (AvgIpc) is 1.90. The van der Waals surface area contributed by atoms with Crippen molar-refractivity contribution in [3.63, 3.8) is 0 Å². The van der Waals surface area contributed by atoms with Gasteiger partial charge in [-0.3, -0.25) is 4.99 Å². The van der Waals surface area contributed by atoms with Crippen molar-refractivity contribution >= 4 is 6.21 Å². The molecule has 0 bridgehead atoms. The molecule has 2 rings (SSSR count). The van der Waals surface area contributed by atoms with Gasteiger partial charge in [0.15, 0.2) is 0 Å². The van der Waals surface area contributed by atoms with Gasteiger partial charge in [-0.25, -0.2) is 0 Å². The van der Waals surface area contributed by atoms with Gasteiger partial charge in [0, 0.05) is 12.1 Å². The fourth-order valence-electron chi connectivity index (χ4n) is 1.39. The summed E-state index contributed by atoms with van der Waals surface area (Å²) in [6.45, 7) is 3.13. The van der Waals surface area contributed by atoms with E-state index < -0.39 is 0 Å². The Morgan fingerprint density at radius 2 is 2.09 bits per heavy atom. The molecule has 0 aliphatic carbocycles. The predicted molar refractivity (Wildman–Crippen MR) is 47.3 cm³/mol. The molecule has 0 aromatic heterocycles. The molecule has 1 unspecified atom stereocenters. The highest BCUT2D eigenvalue weighted by Gasteiger charge is 2.15. The molecule has 56 valence electrons. The van der Waals surface area contributed by atoms with Gasteiger partial charge in [-0.15, -0.1) is 0 Å². The number of hydrogen-bond donors (Lipinski definition) is 0. The summed E-state index contributed by atoms with van der Waals surface area (Å²) in [7, 11) is 0. The predicted octanol–water partition coefficient (Wildman–Crippen LogP) is 2.16. The van der Waals surface area contributed by atoms with E-state index in [2.05, 4.69) is 36.2 Å². The van der Waals surface area contributed by atoms with E-state index in [1.807, 2.05) is 6.21 Å². The highest BCUT2D eigenvalue weighted by Crippen LogP contribution is 2.22. The van der Waals surface area contributed by atoms with E-state index in [4.69, 9.17) is 0 Å². The van der Waals surface area contributed by atoms with Crippen LogP contribution in [0.5, 0.6) is 0 Å². The summed E-state index contributed by atoms with van der Waals surface area (Å²) < 4.78 is 0. The normalized spacial score (nSPS) is 21.4. The van der Waals surface area contributed by atoms with Gasteiger partial charge >= 0.3 is 0 Å². The standard InChI is InChI=1S/C10H11N/c1-8-4-2-3-5-10(8)9-6-11-7-9/h2-6,9H,7H2,1H3. The van der Waals surface area contributed by atoms with E-state index in [9.17, 15) is 0 Å². The first-order chi connectivity index (χ1) is 5.38. The van der Waals surface area contributed by atoms with Gasteiger partial charge < -0.3 is 0 Å². The lowest BCUT2D eigenvalue weighted by molar-refractivity contribution is 0.829. The van der Waals surface area contributed by atoms with Crippen LogP contribution in [0.15, 0.2) is 29.3 Å². The second-order valence-corrected chi connectivity index (χ2v) is 2.98. The van der Waals surface area contributed by atoms with Crippen LogP contribution in [0.4, 0.5) is 0 Å². The summed E-state index contributed by atoms with van der Waals surface area (Å²) in [4.78, 5) is 4.09. The molecule has 1 heteroatoms. The summed E-state index contributed by atoms with van der Waals surface area (Å²) in [5.74, 6) is 0.594. The Labute approximate surface area is 66.8 Å². The van der Waals surface area contributed by atoms with Crippen LogP contribution < -0.4 is 0 Å². The molecule has 0 saturated heterocycles. The molecule has 0 fully saturated rings. The molecule has 1 aromatic carbocycles. The molecule has 0 radical (unpaired) electrons. The number of benzene rings is 1. The first-order valence-corrected chi connectivity index (χ1v) is 3.93. The van der Waals surface area contributed by atoms with Gasteiger partial charge in [-0.05, 0) is 18.1 Å². The molecule has 0 N–H and O–H groups in total. The summed E-state index contributed by atoms with van der Waals surface area (Å²) in [6.07, 6.45) is 2.03. The summed E-state index contributed by atoms with van der Waals surface area (Å²) in [5.41, 5.74) is 2.81. The van der Waals surface area contributed by atoms with E-state index in [0.29, 0.717) is 5.92 Å². The van der Waals surface area contributed by atoms with Crippen molar-refractivity contribution in [3.05, 3.63) is 35.4 Å². The highest BCUT2D eigenvalue weighted by molar-refractivity contribution is 5.74. The molecular weight excluding hydrogens is 134 g/mol. The third kappa shape index (κ3) is 1.07. The van der Waals surface area contributed by atoms with Crippen molar-refractivity contribution in [3.8, 4) is 0 Å². The fraction of sp³-hybridized carbons (Fsp3) is 0.300. The maximum Gasteiger partial charge on any atom is 0.0504 e. The van der Waals surface area contributed by atoms with Gasteiger partial charge in [0.2, 0.25) is 0 Å². The Kier molecular flexibility index (Phi) is 1.50. The van der Waals surface area contributed by atoms with Crippen LogP contribution >= 0.6 is 0 Å². The smallest absolute Gasteiger partial charge is 0.0504 e. The minimum atomic E-state index is 0.594. The van der Waals surface area contributed by atoms with E-state index in [1.54, 1.807) is 0 Å². The van der Waals surface area contributed by atoms with E-state index in [0.717, 1.165) is 6.54 Å². The van der Waals surface area contributed by atoms with Crippen LogP contribution in [0.1, 0.15) is 17.0 Å². The molecule has 0 spiro atoms. The molecular formula is C10H11N. The first kappa shape index (κ1) is 6.59. The van der Waals surface area contributed by atoms with Crippen LogP contribution in [0.2, 0.25) is 0 Å². The van der Waals surface area contributed by atoms with E-state index in [-0.39, 0.29) is 0 Å². The molecule has 1 aromatic rings. The van der Waals surface area contributed by atoms with Gasteiger partial charge in [0.05, 0.1) is 6.54 Å². The maximum atomic E-state index is 4.09. The maximum absolute atomic E-state index is 4.09. The molecule has 1 aliphatic heterocycles. The van der Waals surface area contributed by atoms with Gasteiger partial charge in [-0.2, -0.15) is 0 Å². The quantitative estimate of drug-likeness (QED) is 0.574. The molecule has 1 nitrogen and oxygen atoms in total. The molecule has 1 aliphatic rings. The van der Waals surface area contributed by atoms with Crippen LogP contribution in [0, 0.1) is 6.92 Å². The van der Waals surface area contributed by atoms with Crippen molar-refractivity contribution in [1.29, 1.82) is 0 Å². The lowest BCUT2D eigenvalue weighted by Crippen LogP contribution is -2.14. The lowest BCUT2D eigenvalue weighted by atomic mass is 9.93. The van der Waals surface area contributed by atoms with Crippen LogP contribution in [0.3, 0.4) is 0 Å². The monoisotopic (exact) mass is 145 g/mol. The summed E-state index contributed by atoms with van der Waals surface area (Å²) in [6, 6.07) is 8.51. The molecule has 0 saturated carbocycles. The second-order valence-electron chi connectivity index (χ2n) is 2.98. The summed E-state index contributed by atoms with van der Waals surface area (Å²) in [5, 5.41) is 0. The molecule has 11 heavy (non-hydrogen) atoms. The fourth-order valence-corrected chi connectivity index (χ4v) is 1.39. The van der Waals surface area contributed by atoms with Crippen molar-refractivity contribution in [2.45, 2.75) is 12.8 Å². The van der Waals surface area contributed by atoms with Crippen molar-refractivity contribution < 1.29 is 0 Å². The first-order valence-electron chi connectivity index (χ1n) is 3.93. The Hall–Kier alpha value is -1.11. The number of aryl methyl sites for hydroxylation is 1. The molecule has 1 heterocycles. The highest BCUT2D eigenvalue weighted by atomic mass is 14.8. The Morgan fingerprint density at radius 3 is 2.64 bits per heavy atom. The number of nitrogens with zero attached hydrogens (tertiary/aromatic N) is 1. The second kappa shape index (κ2) is 2.50. The third-order valence-electron chi connectivity index (χ3n) is 2.18. The molecule has 1 atom stereocenters. The van der Waals surface area contributed by atoms with Gasteiger partial charge in [0.1, 0.15) is 0 Å². The van der Waals surface area contributed by atoms with Crippen molar-refractivity contribution in [1.82, 2.24) is 0 Å². The minimum absolute atomic E-state index is 0.594. The van der Waals surface area contributed by atoms with Gasteiger partial charge in [0.25, 0.3) is 0 Å². The van der Waals surface area contributed by atoms with E-state index in [1.165, 1.54) is 11.1 Å². The largest absolute Gasteiger partial charge is 0.296 e. The zero-order valence-electron chi connectivity index (χ0n) is 6.62. The van der Waals surface area contributed by atoms with Crippen molar-refractivity contribution in [2.75, 3.05) is 6.54 Å². The number of hydrogen-bond acceptors (Lipinski definition) is 1. The average molecular weight is 145 g/mol. The Morgan fingerprint density at radius 1 is 1.36 bits per heavy atom. The zero-order chi connectivity index (χ0) is 7.68. The summed E-state index contributed by atoms with van der Waals surface area (Å²) >= 11 is 0. The van der Waals surface area contributed by atoms with Crippen molar-refractivity contribution in [2.24, 2.45) is 4.99 Å². The number of aliphatic imine (C=N–C) groups is 1.